The molecule has 9 nitrogen and oxygen atoms in total. The number of nitrogen functional groups attached to an aromatic ring is 1. The van der Waals surface area contributed by atoms with Crippen LogP contribution in [0.5, 0.6) is 0 Å². The summed E-state index contributed by atoms with van der Waals surface area (Å²) in [5.74, 6) is 4.91. The van der Waals surface area contributed by atoms with E-state index in [0.29, 0.717) is 28.6 Å². The van der Waals surface area contributed by atoms with E-state index in [4.69, 9.17) is 10.9 Å². The number of amides is 1. The summed E-state index contributed by atoms with van der Waals surface area (Å²) in [6, 6.07) is 17.5. The molecule has 0 atom stereocenters. The van der Waals surface area contributed by atoms with Gasteiger partial charge < -0.3 is 5.11 Å². The molecule has 0 spiro atoms. The van der Waals surface area contributed by atoms with E-state index >= 15 is 0 Å². The molecule has 0 bridgehead atoms. The number of hydrogen-bond donors (Lipinski definition) is 4. The number of nitrogens with two attached hydrogens (primary N) is 1. The van der Waals surface area contributed by atoms with E-state index in [1.54, 1.807) is 48.8 Å². The topological polar surface area (TPSA) is 147 Å². The lowest BCUT2D eigenvalue weighted by molar-refractivity contribution is 0.0955. The highest BCUT2D eigenvalue weighted by Crippen LogP contribution is 2.27. The Morgan fingerprint density at radius 1 is 0.971 bits per heavy atom. The Balaban J connectivity index is 1.60. The third kappa shape index (κ3) is 4.95. The van der Waals surface area contributed by atoms with E-state index < -0.39 is 15.9 Å². The largest absolute Gasteiger partial charge is 0.396 e. The van der Waals surface area contributed by atoms with Crippen LogP contribution in [0.2, 0.25) is 0 Å². The fourth-order valence-corrected chi connectivity index (χ4v) is 4.59. The Hall–Kier alpha value is -3.70. The molecule has 0 unspecified atom stereocenters. The Morgan fingerprint density at radius 3 is 2.26 bits per heavy atom. The minimum Gasteiger partial charge on any atom is -0.396 e. The number of benzene rings is 2. The Bertz CT molecular complexity index is 1420. The van der Waals surface area contributed by atoms with Gasteiger partial charge >= 0.3 is 0 Å². The number of nitrogens with zero attached hydrogens (tertiary/aromatic N) is 2. The molecule has 0 saturated heterocycles. The number of rotatable bonds is 8. The van der Waals surface area contributed by atoms with E-state index in [0.717, 1.165) is 16.7 Å². The first-order valence-electron chi connectivity index (χ1n) is 10.5. The second-order valence-electron chi connectivity index (χ2n) is 7.50. The summed E-state index contributed by atoms with van der Waals surface area (Å²) in [4.78, 5) is 21.1. The van der Waals surface area contributed by atoms with Gasteiger partial charge in [0.2, 0.25) is 10.0 Å². The maximum atomic E-state index is 12.3. The van der Waals surface area contributed by atoms with Crippen molar-refractivity contribution in [3.8, 4) is 22.4 Å². The summed E-state index contributed by atoms with van der Waals surface area (Å²) in [6.45, 7) is 0.0982. The number of hydrazine groups is 1. The van der Waals surface area contributed by atoms with Crippen molar-refractivity contribution in [2.24, 2.45) is 5.84 Å². The third-order valence-electron chi connectivity index (χ3n) is 5.29. The Labute approximate surface area is 196 Å². The lowest BCUT2D eigenvalue weighted by atomic mass is 10.0. The summed E-state index contributed by atoms with van der Waals surface area (Å²) in [6.07, 6.45) is 3.54. The van der Waals surface area contributed by atoms with E-state index in [-0.39, 0.29) is 18.0 Å². The zero-order valence-electron chi connectivity index (χ0n) is 18.1. The molecular formula is C24H23N5O4S. The van der Waals surface area contributed by atoms with Gasteiger partial charge in [0, 0.05) is 36.5 Å². The molecule has 1 amide bonds. The maximum absolute atomic E-state index is 12.3. The van der Waals surface area contributed by atoms with Crippen molar-refractivity contribution in [3.63, 3.8) is 0 Å². The molecule has 0 saturated carbocycles. The van der Waals surface area contributed by atoms with Crippen molar-refractivity contribution in [1.29, 1.82) is 0 Å². The molecule has 174 valence electrons. The number of aliphatic hydroxyl groups is 1. The molecular weight excluding hydrogens is 454 g/mol. The monoisotopic (exact) mass is 477 g/mol. The van der Waals surface area contributed by atoms with Crippen LogP contribution in [-0.4, -0.2) is 42.6 Å². The van der Waals surface area contributed by atoms with Gasteiger partial charge in [0.1, 0.15) is 0 Å². The highest BCUT2D eigenvalue weighted by molar-refractivity contribution is 7.89. The van der Waals surface area contributed by atoms with Crippen LogP contribution in [0.4, 0.5) is 0 Å². The first-order chi connectivity index (χ1) is 16.4. The first-order valence-corrected chi connectivity index (χ1v) is 12.0. The lowest BCUT2D eigenvalue weighted by Gasteiger charge is -2.10. The molecule has 2 aromatic carbocycles. The average Bonchev–Trinajstić information content (AvgIpc) is 2.88. The van der Waals surface area contributed by atoms with Gasteiger partial charge in [0.15, 0.2) is 0 Å². The molecule has 0 aliphatic rings. The smallest absolute Gasteiger partial charge is 0.265 e. The van der Waals surface area contributed by atoms with Crippen molar-refractivity contribution < 1.29 is 18.3 Å². The number of nitrogens with one attached hydrogen (secondary N) is 2. The van der Waals surface area contributed by atoms with Crippen LogP contribution in [0.15, 0.2) is 78.0 Å². The zero-order chi connectivity index (χ0) is 24.1. The molecule has 4 aromatic rings. The number of carbonyl (C=O) groups is 1. The van der Waals surface area contributed by atoms with Gasteiger partial charge in [0.25, 0.3) is 5.91 Å². The van der Waals surface area contributed by atoms with Gasteiger partial charge in [0.05, 0.1) is 21.7 Å². The molecule has 34 heavy (non-hydrogen) atoms. The quantitative estimate of drug-likeness (QED) is 0.132. The number of hydrogen-bond acceptors (Lipinski definition) is 7. The van der Waals surface area contributed by atoms with Crippen molar-refractivity contribution in [1.82, 2.24) is 20.1 Å². The van der Waals surface area contributed by atoms with Crippen LogP contribution >= 0.6 is 0 Å². The Morgan fingerprint density at radius 2 is 1.62 bits per heavy atom. The van der Waals surface area contributed by atoms with Gasteiger partial charge in [-0.05, 0) is 41.8 Å². The number of sulfonamides is 1. The number of fused-ring (bicyclic) bond motifs is 1. The predicted molar refractivity (Wildman–Crippen MR) is 129 cm³/mol. The van der Waals surface area contributed by atoms with Crippen LogP contribution < -0.4 is 16.0 Å². The lowest BCUT2D eigenvalue weighted by Crippen LogP contribution is -2.30. The van der Waals surface area contributed by atoms with Crippen LogP contribution in [0.3, 0.4) is 0 Å². The number of pyridine rings is 2. The van der Waals surface area contributed by atoms with Crippen LogP contribution in [-0.2, 0) is 10.0 Å². The third-order valence-corrected chi connectivity index (χ3v) is 6.77. The average molecular weight is 478 g/mol. The highest BCUT2D eigenvalue weighted by Gasteiger charge is 2.15. The van der Waals surface area contributed by atoms with Crippen molar-refractivity contribution in [2.75, 3.05) is 13.2 Å². The van der Waals surface area contributed by atoms with Gasteiger partial charge in [-0.3, -0.25) is 15.2 Å². The highest BCUT2D eigenvalue weighted by atomic mass is 32.2. The number of carbonyl (C=O) groups excluding carboxylic acids is 1. The summed E-state index contributed by atoms with van der Waals surface area (Å²) in [7, 11) is -3.62. The Kier molecular flexibility index (Phi) is 6.94. The van der Waals surface area contributed by atoms with Gasteiger partial charge in [-0.25, -0.2) is 24.0 Å². The van der Waals surface area contributed by atoms with Gasteiger partial charge in [-0.15, -0.1) is 0 Å². The molecule has 4 rings (SSSR count). The van der Waals surface area contributed by atoms with Crippen LogP contribution in [0.1, 0.15) is 16.8 Å². The second-order valence-corrected chi connectivity index (χ2v) is 9.26. The summed E-state index contributed by atoms with van der Waals surface area (Å²) in [5.41, 5.74) is 6.32. The van der Waals surface area contributed by atoms with Crippen LogP contribution in [0, 0.1) is 0 Å². The van der Waals surface area contributed by atoms with Gasteiger partial charge in [-0.1, -0.05) is 36.4 Å². The minimum absolute atomic E-state index is 0.0785. The van der Waals surface area contributed by atoms with Crippen LogP contribution in [0.25, 0.3) is 33.3 Å². The molecule has 0 aliphatic carbocycles. The molecule has 2 heterocycles. The summed E-state index contributed by atoms with van der Waals surface area (Å²) < 4.78 is 27.1. The fraction of sp³-hybridized carbons (Fsp3) is 0.125. The van der Waals surface area contributed by atoms with E-state index in [9.17, 15) is 13.2 Å². The normalized spacial score (nSPS) is 11.5. The van der Waals surface area contributed by atoms with E-state index in [2.05, 4.69) is 20.1 Å². The van der Waals surface area contributed by atoms with Crippen molar-refractivity contribution in [2.45, 2.75) is 11.3 Å². The minimum atomic E-state index is -3.62. The standard InChI is InChI=1S/C24H23N5O4S/c25-29-24(31)20-14-23(28-22-10-12-26-15-21(20)22)18-4-2-16(3-5-18)17-6-8-19(9-7-17)34(32,33)27-11-1-13-30/h2-10,12,14-15,27,30H,1,11,13,25H2,(H,29,31). The molecule has 10 heteroatoms. The summed E-state index contributed by atoms with van der Waals surface area (Å²) >= 11 is 0. The fourth-order valence-electron chi connectivity index (χ4n) is 3.51. The second kappa shape index (κ2) is 10.1. The zero-order valence-corrected chi connectivity index (χ0v) is 18.9. The van der Waals surface area contributed by atoms with Crippen molar-refractivity contribution >= 4 is 26.8 Å². The first kappa shape index (κ1) is 23.5. The van der Waals surface area contributed by atoms with E-state index in [1.807, 2.05) is 24.3 Å². The number of aromatic nitrogens is 2. The maximum Gasteiger partial charge on any atom is 0.265 e. The van der Waals surface area contributed by atoms with E-state index in [1.165, 1.54) is 0 Å². The molecule has 0 radical (unpaired) electrons. The molecule has 2 aromatic heterocycles. The molecule has 5 N–H and O–H groups in total. The predicted octanol–water partition coefficient (Wildman–Crippen LogP) is 2.23. The SMILES string of the molecule is NNC(=O)c1cc(-c2ccc(-c3ccc(S(=O)(=O)NCCCO)cc3)cc2)nc2ccncc12. The van der Waals surface area contributed by atoms with Crippen molar-refractivity contribution in [3.05, 3.63) is 78.6 Å². The van der Waals surface area contributed by atoms with Gasteiger partial charge in [-0.2, -0.15) is 0 Å². The number of aliphatic hydroxyl groups excluding tert-OH is 1. The summed E-state index contributed by atoms with van der Waals surface area (Å²) in [5, 5.41) is 9.42. The molecule has 0 aliphatic heterocycles. The molecule has 0 fully saturated rings.